The van der Waals surface area contributed by atoms with E-state index in [0.717, 1.165) is 49.5 Å². The molecule has 10 nitrogen and oxygen atoms in total. The smallest absolute Gasteiger partial charge is 0.386 e. The first kappa shape index (κ1) is 31.0. The van der Waals surface area contributed by atoms with Crippen molar-refractivity contribution in [2.75, 3.05) is 0 Å². The minimum atomic E-state index is -4.95. The number of nitrogens with zero attached hydrogens (tertiary/aromatic N) is 5. The van der Waals surface area contributed by atoms with Crippen LogP contribution in [0.5, 0.6) is 0 Å². The van der Waals surface area contributed by atoms with Crippen molar-refractivity contribution in [1.82, 2.24) is 19.7 Å². The third kappa shape index (κ3) is 8.07. The standard InChI is InChI=1S/C28H31ClF3N7O3/c29-19-13-11-18(12-14-19)25-37-39(27(42)38(25)15-23(40)28(30,31)32)16-24(33)35-17-34-22-10-6-5-9-21(22)26(41)36-20-7-3-1-2-4-8-20/h5-6,9-14,17,20,23,40H,1-4,7-8,15-16H2,(H,36,41)(H2,33,34,35)/t23-/m0/s1. The van der Waals surface area contributed by atoms with E-state index in [1.807, 2.05) is 0 Å². The fraction of sp³-hybridized carbons (Fsp3) is 0.393. The van der Waals surface area contributed by atoms with Crippen LogP contribution in [0.4, 0.5) is 18.9 Å². The summed E-state index contributed by atoms with van der Waals surface area (Å²) in [5, 5.41) is 17.2. The van der Waals surface area contributed by atoms with Gasteiger partial charge in [0.05, 0.1) is 17.8 Å². The van der Waals surface area contributed by atoms with E-state index in [9.17, 15) is 27.9 Å². The third-order valence-electron chi connectivity index (χ3n) is 6.83. The zero-order chi connectivity index (χ0) is 30.3. The SMILES string of the molecule is NC(Cn1nc(-c2ccc(Cl)cc2)n(C[C@H](O)C(F)(F)F)c1=O)=NC=Nc1ccccc1C(=O)NC1CCCCCC1. The molecule has 3 aromatic rings. The maximum atomic E-state index is 13.1. The van der Waals surface area contributed by atoms with Crippen LogP contribution in [0.2, 0.25) is 5.02 Å². The highest BCUT2D eigenvalue weighted by atomic mass is 35.5. The summed E-state index contributed by atoms with van der Waals surface area (Å²) in [6.45, 7) is -1.44. The molecule has 224 valence electrons. The molecule has 0 saturated heterocycles. The van der Waals surface area contributed by atoms with Crippen LogP contribution in [0.25, 0.3) is 11.4 Å². The Balaban J connectivity index is 1.53. The summed E-state index contributed by atoms with van der Waals surface area (Å²) in [6, 6.07) is 12.8. The maximum absolute atomic E-state index is 13.1. The number of benzene rings is 2. The lowest BCUT2D eigenvalue weighted by atomic mass is 10.1. The predicted octanol–water partition coefficient (Wildman–Crippen LogP) is 4.46. The third-order valence-corrected chi connectivity index (χ3v) is 7.08. The summed E-state index contributed by atoms with van der Waals surface area (Å²) >= 11 is 5.91. The maximum Gasteiger partial charge on any atom is 0.416 e. The summed E-state index contributed by atoms with van der Waals surface area (Å²) in [6.07, 6.45) is -0.273. The first-order valence-corrected chi connectivity index (χ1v) is 13.8. The quantitative estimate of drug-likeness (QED) is 0.188. The summed E-state index contributed by atoms with van der Waals surface area (Å²) in [7, 11) is 0. The van der Waals surface area contributed by atoms with Crippen molar-refractivity contribution in [2.45, 2.75) is 69.9 Å². The van der Waals surface area contributed by atoms with Crippen LogP contribution in [0.1, 0.15) is 48.9 Å². The number of hydrogen-bond acceptors (Lipinski definition) is 5. The van der Waals surface area contributed by atoms with E-state index in [1.165, 1.54) is 24.3 Å². The number of hydrogen-bond donors (Lipinski definition) is 3. The Labute approximate surface area is 244 Å². The van der Waals surface area contributed by atoms with Crippen molar-refractivity contribution in [3.8, 4) is 11.4 Å². The van der Waals surface area contributed by atoms with Gasteiger partial charge in [0.15, 0.2) is 11.9 Å². The predicted molar refractivity (Wildman–Crippen MR) is 154 cm³/mol. The van der Waals surface area contributed by atoms with Crippen molar-refractivity contribution in [1.29, 1.82) is 0 Å². The molecule has 0 unspecified atom stereocenters. The number of aliphatic hydroxyl groups excluding tert-OH is 1. The summed E-state index contributed by atoms with van der Waals surface area (Å²) < 4.78 is 40.8. The second-order valence-electron chi connectivity index (χ2n) is 9.98. The lowest BCUT2D eigenvalue weighted by molar-refractivity contribution is -0.207. The lowest BCUT2D eigenvalue weighted by Crippen LogP contribution is -2.38. The van der Waals surface area contributed by atoms with Crippen molar-refractivity contribution in [3.63, 3.8) is 0 Å². The van der Waals surface area contributed by atoms with Gasteiger partial charge in [-0.3, -0.25) is 9.36 Å². The Kier molecular flexibility index (Phi) is 10.2. The highest BCUT2D eigenvalue weighted by Gasteiger charge is 2.39. The number of rotatable bonds is 9. The van der Waals surface area contributed by atoms with Crippen molar-refractivity contribution >= 4 is 35.4 Å². The van der Waals surface area contributed by atoms with Crippen molar-refractivity contribution in [3.05, 3.63) is 69.6 Å². The number of carbonyl (C=O) groups excluding carboxylic acids is 1. The molecule has 2 aromatic carbocycles. The van der Waals surface area contributed by atoms with E-state index in [4.69, 9.17) is 17.3 Å². The van der Waals surface area contributed by atoms with Crippen molar-refractivity contribution in [2.24, 2.45) is 15.7 Å². The average molecular weight is 606 g/mol. The van der Waals surface area contributed by atoms with E-state index in [2.05, 4.69) is 20.4 Å². The minimum Gasteiger partial charge on any atom is -0.386 e. The van der Waals surface area contributed by atoms with E-state index in [1.54, 1.807) is 24.3 Å². The topological polar surface area (TPSA) is 140 Å². The van der Waals surface area contributed by atoms with Crippen LogP contribution >= 0.6 is 11.6 Å². The van der Waals surface area contributed by atoms with Crippen LogP contribution in [-0.4, -0.2) is 55.9 Å². The average Bonchev–Trinajstić information content (AvgIpc) is 3.09. The first-order valence-electron chi connectivity index (χ1n) is 13.5. The molecule has 42 heavy (non-hydrogen) atoms. The van der Waals surface area contributed by atoms with Gasteiger partial charge in [0, 0.05) is 16.6 Å². The largest absolute Gasteiger partial charge is 0.416 e. The minimum absolute atomic E-state index is 0.110. The highest BCUT2D eigenvalue weighted by molar-refractivity contribution is 6.30. The molecule has 0 bridgehead atoms. The molecule has 1 amide bonds. The van der Waals surface area contributed by atoms with E-state index < -0.39 is 24.5 Å². The number of amidine groups is 1. The molecule has 1 atom stereocenters. The summed E-state index contributed by atoms with van der Waals surface area (Å²) in [5.74, 6) is -0.473. The molecule has 0 aliphatic heterocycles. The Morgan fingerprint density at radius 1 is 1.14 bits per heavy atom. The molecular weight excluding hydrogens is 575 g/mol. The molecule has 1 fully saturated rings. The second-order valence-corrected chi connectivity index (χ2v) is 10.4. The van der Waals surface area contributed by atoms with Gasteiger partial charge in [-0.2, -0.15) is 13.2 Å². The summed E-state index contributed by atoms with van der Waals surface area (Å²) in [4.78, 5) is 34.2. The van der Waals surface area contributed by atoms with Gasteiger partial charge in [-0.25, -0.2) is 19.5 Å². The van der Waals surface area contributed by atoms with Gasteiger partial charge in [0.1, 0.15) is 18.7 Å². The van der Waals surface area contributed by atoms with Gasteiger partial charge in [0.2, 0.25) is 0 Å². The van der Waals surface area contributed by atoms with Gasteiger partial charge in [-0.1, -0.05) is 49.4 Å². The van der Waals surface area contributed by atoms with Crippen LogP contribution in [0.15, 0.2) is 63.3 Å². The molecule has 1 aromatic heterocycles. The molecule has 1 heterocycles. The Morgan fingerprint density at radius 3 is 2.48 bits per heavy atom. The number of amides is 1. The first-order chi connectivity index (χ1) is 20.0. The normalized spacial score (nSPS) is 16.0. The number of para-hydroxylation sites is 1. The van der Waals surface area contributed by atoms with E-state index in [-0.39, 0.29) is 30.2 Å². The van der Waals surface area contributed by atoms with Gasteiger partial charge in [0.25, 0.3) is 5.91 Å². The molecular formula is C28H31ClF3N7O3. The van der Waals surface area contributed by atoms with Gasteiger partial charge in [-0.15, -0.1) is 5.10 Å². The number of alkyl halides is 3. The number of aliphatic imine (C=N–C) groups is 2. The van der Waals surface area contributed by atoms with Crippen LogP contribution in [0, 0.1) is 0 Å². The Hall–Kier alpha value is -3.97. The Morgan fingerprint density at radius 2 is 1.81 bits per heavy atom. The van der Waals surface area contributed by atoms with Gasteiger partial charge < -0.3 is 16.2 Å². The zero-order valence-electron chi connectivity index (χ0n) is 22.6. The summed E-state index contributed by atoms with van der Waals surface area (Å²) in [5.41, 5.74) is 6.10. The number of aliphatic hydroxyl groups is 1. The van der Waals surface area contributed by atoms with E-state index in [0.29, 0.717) is 26.4 Å². The molecule has 4 rings (SSSR count). The number of halogens is 4. The molecule has 0 radical (unpaired) electrons. The monoisotopic (exact) mass is 605 g/mol. The fourth-order valence-electron chi connectivity index (χ4n) is 4.62. The van der Waals surface area contributed by atoms with Crippen LogP contribution in [0.3, 0.4) is 0 Å². The Bertz CT molecular complexity index is 1490. The highest BCUT2D eigenvalue weighted by Crippen LogP contribution is 2.24. The van der Waals surface area contributed by atoms with Crippen LogP contribution < -0.4 is 16.7 Å². The lowest BCUT2D eigenvalue weighted by Gasteiger charge is -2.16. The number of carbonyl (C=O) groups is 1. The molecule has 1 aliphatic carbocycles. The number of nitrogens with two attached hydrogens (primary N) is 1. The molecule has 14 heteroatoms. The fourth-order valence-corrected chi connectivity index (χ4v) is 4.75. The van der Waals surface area contributed by atoms with Crippen LogP contribution in [-0.2, 0) is 13.1 Å². The number of aromatic nitrogens is 3. The van der Waals surface area contributed by atoms with E-state index >= 15 is 0 Å². The second kappa shape index (κ2) is 13.8. The van der Waals surface area contributed by atoms with Gasteiger partial charge >= 0.3 is 11.9 Å². The molecule has 1 aliphatic rings. The molecule has 1 saturated carbocycles. The van der Waals surface area contributed by atoms with Gasteiger partial charge in [-0.05, 0) is 49.2 Å². The molecule has 0 spiro atoms. The zero-order valence-corrected chi connectivity index (χ0v) is 23.4. The van der Waals surface area contributed by atoms with Crippen molar-refractivity contribution < 1.29 is 23.1 Å². The number of nitrogens with one attached hydrogen (secondary N) is 1. The molecule has 4 N–H and O–H groups in total.